The van der Waals surface area contributed by atoms with Crippen LogP contribution in [-0.2, 0) is 0 Å². The van der Waals surface area contributed by atoms with E-state index in [9.17, 15) is 9.18 Å². The van der Waals surface area contributed by atoms with Gasteiger partial charge in [0.05, 0.1) is 15.6 Å². The summed E-state index contributed by atoms with van der Waals surface area (Å²) in [6, 6.07) is 2.60. The highest BCUT2D eigenvalue weighted by Crippen LogP contribution is 2.27. The molecule has 1 aromatic carbocycles. The number of carbonyl (C=O) groups is 1. The normalized spacial score (nSPS) is 16.0. The highest BCUT2D eigenvalue weighted by Gasteiger charge is 2.27. The summed E-state index contributed by atoms with van der Waals surface area (Å²) in [6.45, 7) is 4.44. The third-order valence-electron chi connectivity index (χ3n) is 3.72. The van der Waals surface area contributed by atoms with E-state index in [1.54, 1.807) is 0 Å². The molecule has 1 aliphatic rings. The number of nitrogens with one attached hydrogen (secondary N) is 1. The van der Waals surface area contributed by atoms with Gasteiger partial charge >= 0.3 is 0 Å². The zero-order valence-corrected chi connectivity index (χ0v) is 13.5. The number of amides is 1. The minimum atomic E-state index is -0.619. The van der Waals surface area contributed by atoms with E-state index in [0.29, 0.717) is 6.54 Å². The molecule has 3 nitrogen and oxygen atoms in total. The van der Waals surface area contributed by atoms with Gasteiger partial charge in [-0.25, -0.2) is 4.39 Å². The molecule has 0 spiro atoms. The maximum Gasteiger partial charge on any atom is 0.255 e. The summed E-state index contributed by atoms with van der Waals surface area (Å²) in [5.74, 6) is -0.838. The zero-order chi connectivity index (χ0) is 15.4. The van der Waals surface area contributed by atoms with Crippen molar-refractivity contribution in [2.75, 3.05) is 19.6 Å². The van der Waals surface area contributed by atoms with Gasteiger partial charge in [0.1, 0.15) is 5.82 Å². The van der Waals surface area contributed by atoms with Crippen molar-refractivity contribution >= 4 is 29.1 Å². The highest BCUT2D eigenvalue weighted by atomic mass is 35.5. The van der Waals surface area contributed by atoms with Crippen molar-refractivity contribution in [1.29, 1.82) is 0 Å². The van der Waals surface area contributed by atoms with Crippen LogP contribution in [0.1, 0.15) is 36.5 Å². The summed E-state index contributed by atoms with van der Waals surface area (Å²) >= 11 is 11.8. The van der Waals surface area contributed by atoms with Gasteiger partial charge in [-0.05, 0) is 44.5 Å². The number of nitrogens with zero attached hydrogens (tertiary/aromatic N) is 1. The molecule has 0 radical (unpaired) electrons. The van der Waals surface area contributed by atoms with E-state index in [4.69, 9.17) is 23.2 Å². The van der Waals surface area contributed by atoms with Crippen LogP contribution in [0.25, 0.3) is 0 Å². The molecule has 1 amide bonds. The van der Waals surface area contributed by atoms with Crippen molar-refractivity contribution < 1.29 is 9.18 Å². The molecule has 116 valence electrons. The number of hydrogen-bond donors (Lipinski definition) is 1. The van der Waals surface area contributed by atoms with Gasteiger partial charge < -0.3 is 10.2 Å². The number of benzene rings is 1. The second-order valence-electron chi connectivity index (χ2n) is 5.23. The highest BCUT2D eigenvalue weighted by molar-refractivity contribution is 6.36. The first kappa shape index (κ1) is 16.5. The molecule has 0 atom stereocenters. The van der Waals surface area contributed by atoms with E-state index < -0.39 is 5.82 Å². The van der Waals surface area contributed by atoms with Crippen molar-refractivity contribution in [3.05, 3.63) is 33.6 Å². The summed E-state index contributed by atoms with van der Waals surface area (Å²) in [5, 5.41) is 3.40. The van der Waals surface area contributed by atoms with Gasteiger partial charge in [0, 0.05) is 12.6 Å². The van der Waals surface area contributed by atoms with Gasteiger partial charge in [0.2, 0.25) is 0 Å². The van der Waals surface area contributed by atoms with Crippen molar-refractivity contribution in [2.45, 2.75) is 32.2 Å². The number of piperidine rings is 1. The zero-order valence-electron chi connectivity index (χ0n) is 12.0. The van der Waals surface area contributed by atoms with Gasteiger partial charge in [-0.2, -0.15) is 0 Å². The smallest absolute Gasteiger partial charge is 0.255 e. The Balaban J connectivity index is 2.27. The molecule has 0 unspecified atom stereocenters. The summed E-state index contributed by atoms with van der Waals surface area (Å²) < 4.78 is 13.6. The van der Waals surface area contributed by atoms with Crippen LogP contribution in [0.5, 0.6) is 0 Å². The Bertz CT molecular complexity index is 519. The van der Waals surface area contributed by atoms with Gasteiger partial charge in [0.15, 0.2) is 0 Å². The van der Waals surface area contributed by atoms with Gasteiger partial charge in [0.25, 0.3) is 5.91 Å². The van der Waals surface area contributed by atoms with Gasteiger partial charge in [-0.1, -0.05) is 30.1 Å². The third-order valence-corrected chi connectivity index (χ3v) is 4.32. The second-order valence-corrected chi connectivity index (χ2v) is 6.04. The summed E-state index contributed by atoms with van der Waals surface area (Å²) in [5.41, 5.74) is 0.186. The number of hydrogen-bond acceptors (Lipinski definition) is 2. The molecule has 1 aliphatic heterocycles. The molecule has 21 heavy (non-hydrogen) atoms. The Labute approximate surface area is 134 Å². The van der Waals surface area contributed by atoms with Gasteiger partial charge in [-0.3, -0.25) is 4.79 Å². The first-order valence-corrected chi connectivity index (χ1v) is 7.96. The Morgan fingerprint density at radius 1 is 1.33 bits per heavy atom. The van der Waals surface area contributed by atoms with Crippen molar-refractivity contribution in [3.8, 4) is 0 Å². The fraction of sp³-hybridized carbons (Fsp3) is 0.533. The molecule has 0 aliphatic carbocycles. The Morgan fingerprint density at radius 3 is 2.62 bits per heavy atom. The molecule has 1 heterocycles. The lowest BCUT2D eigenvalue weighted by Gasteiger charge is -2.34. The minimum Gasteiger partial charge on any atom is -0.336 e. The molecular weight excluding hydrogens is 314 g/mol. The molecule has 1 fully saturated rings. The molecule has 1 aromatic rings. The predicted octanol–water partition coefficient (Wildman–Crippen LogP) is 3.74. The van der Waals surface area contributed by atoms with E-state index >= 15 is 0 Å². The number of carbonyl (C=O) groups excluding carboxylic acids is 1. The Hall–Kier alpha value is -0.840. The van der Waals surface area contributed by atoms with Crippen LogP contribution in [0.15, 0.2) is 12.1 Å². The van der Waals surface area contributed by atoms with Crippen LogP contribution < -0.4 is 5.32 Å². The standard InChI is InChI=1S/C15H19Cl2FN2O/c1-2-7-20(10-3-5-19-6-4-10)15(21)11-8-14(18)13(17)9-12(11)16/h8-10,19H,2-7H2,1H3. The average molecular weight is 333 g/mol. The number of halogens is 3. The maximum atomic E-state index is 13.6. The van der Waals surface area contributed by atoms with Crippen LogP contribution in [0.2, 0.25) is 10.0 Å². The topological polar surface area (TPSA) is 32.3 Å². The van der Waals surface area contributed by atoms with Crippen LogP contribution >= 0.6 is 23.2 Å². The SMILES string of the molecule is CCCN(C(=O)c1cc(F)c(Cl)cc1Cl)C1CCNCC1. The summed E-state index contributed by atoms with van der Waals surface area (Å²) in [4.78, 5) is 14.5. The van der Waals surface area contributed by atoms with Crippen LogP contribution in [0.4, 0.5) is 4.39 Å². The quantitative estimate of drug-likeness (QED) is 0.852. The van der Waals surface area contributed by atoms with Crippen LogP contribution in [0, 0.1) is 5.82 Å². The first-order chi connectivity index (χ1) is 10.0. The van der Waals surface area contributed by atoms with E-state index in [0.717, 1.165) is 38.4 Å². The molecule has 1 N–H and O–H groups in total. The monoisotopic (exact) mass is 332 g/mol. The molecule has 6 heteroatoms. The van der Waals surface area contributed by atoms with E-state index in [1.165, 1.54) is 6.07 Å². The van der Waals surface area contributed by atoms with Crippen molar-refractivity contribution in [1.82, 2.24) is 10.2 Å². The molecule has 0 bridgehead atoms. The summed E-state index contributed by atoms with van der Waals surface area (Å²) in [6.07, 6.45) is 2.65. The fourth-order valence-corrected chi connectivity index (χ4v) is 3.11. The first-order valence-electron chi connectivity index (χ1n) is 7.20. The lowest BCUT2D eigenvalue weighted by molar-refractivity contribution is 0.0642. The molecule has 1 saturated heterocycles. The maximum absolute atomic E-state index is 13.6. The Kier molecular flexibility index (Phi) is 5.85. The van der Waals surface area contributed by atoms with Gasteiger partial charge in [-0.15, -0.1) is 0 Å². The van der Waals surface area contributed by atoms with Crippen LogP contribution in [0.3, 0.4) is 0 Å². The molecule has 0 aromatic heterocycles. The summed E-state index contributed by atoms with van der Waals surface area (Å²) in [7, 11) is 0. The van der Waals surface area contributed by atoms with E-state index in [-0.39, 0.29) is 27.6 Å². The second kappa shape index (κ2) is 7.43. The van der Waals surface area contributed by atoms with Crippen molar-refractivity contribution in [2.24, 2.45) is 0 Å². The predicted molar refractivity (Wildman–Crippen MR) is 83.6 cm³/mol. The fourth-order valence-electron chi connectivity index (χ4n) is 2.65. The molecule has 0 saturated carbocycles. The largest absolute Gasteiger partial charge is 0.336 e. The lowest BCUT2D eigenvalue weighted by Crippen LogP contribution is -2.46. The van der Waals surface area contributed by atoms with E-state index in [1.807, 2.05) is 11.8 Å². The lowest BCUT2D eigenvalue weighted by atomic mass is 10.0. The Morgan fingerprint density at radius 2 is 2.00 bits per heavy atom. The number of rotatable bonds is 4. The van der Waals surface area contributed by atoms with Crippen molar-refractivity contribution in [3.63, 3.8) is 0 Å². The van der Waals surface area contributed by atoms with Crippen LogP contribution in [-0.4, -0.2) is 36.5 Å². The molecule has 2 rings (SSSR count). The molecular formula is C15H19Cl2FN2O. The minimum absolute atomic E-state index is 0.0690. The average Bonchev–Trinajstić information content (AvgIpc) is 2.49. The van der Waals surface area contributed by atoms with E-state index in [2.05, 4.69) is 5.32 Å². The third kappa shape index (κ3) is 3.87.